The van der Waals surface area contributed by atoms with Crippen LogP contribution in [0.2, 0.25) is 0 Å². The van der Waals surface area contributed by atoms with Crippen molar-refractivity contribution in [1.29, 1.82) is 0 Å². The maximum atomic E-state index is 12.2. The predicted octanol–water partition coefficient (Wildman–Crippen LogP) is 6.66. The van der Waals surface area contributed by atoms with Gasteiger partial charge in [-0.2, -0.15) is 0 Å². The van der Waals surface area contributed by atoms with E-state index in [1.54, 1.807) is 0 Å². The number of ether oxygens (including phenoxy) is 1. The van der Waals surface area contributed by atoms with Crippen LogP contribution in [-0.4, -0.2) is 28.6 Å². The van der Waals surface area contributed by atoms with Gasteiger partial charge in [0.15, 0.2) is 0 Å². The van der Waals surface area contributed by atoms with Gasteiger partial charge < -0.3 is 14.6 Å². The average molecular weight is 484 g/mol. The fourth-order valence-corrected chi connectivity index (χ4v) is 4.48. The van der Waals surface area contributed by atoms with E-state index in [0.29, 0.717) is 12.1 Å². The molecule has 5 heteroatoms. The lowest BCUT2D eigenvalue weighted by Gasteiger charge is -2.12. The molecule has 0 bridgehead atoms. The van der Waals surface area contributed by atoms with Crippen molar-refractivity contribution >= 4 is 16.9 Å². The molecule has 0 saturated carbocycles. The maximum Gasteiger partial charge on any atom is 0.251 e. The quantitative estimate of drug-likeness (QED) is 0.217. The van der Waals surface area contributed by atoms with Crippen molar-refractivity contribution in [3.8, 4) is 5.75 Å². The van der Waals surface area contributed by atoms with Crippen molar-refractivity contribution < 1.29 is 9.53 Å². The van der Waals surface area contributed by atoms with Gasteiger partial charge in [0.1, 0.15) is 11.6 Å². The van der Waals surface area contributed by atoms with Gasteiger partial charge in [-0.15, -0.1) is 0 Å². The number of aromatic nitrogens is 2. The van der Waals surface area contributed by atoms with E-state index < -0.39 is 0 Å². The first-order valence-corrected chi connectivity index (χ1v) is 13.1. The summed E-state index contributed by atoms with van der Waals surface area (Å²) in [5.74, 6) is 2.14. The molecule has 4 rings (SSSR count). The lowest BCUT2D eigenvalue weighted by molar-refractivity contribution is 0.0953. The Morgan fingerprint density at radius 1 is 0.861 bits per heavy atom. The molecule has 0 radical (unpaired) electrons. The van der Waals surface area contributed by atoms with Gasteiger partial charge in [0.25, 0.3) is 5.91 Å². The molecule has 1 amide bonds. The summed E-state index contributed by atoms with van der Waals surface area (Å²) in [5.41, 5.74) is 5.47. The van der Waals surface area contributed by atoms with Crippen LogP contribution in [0, 0.1) is 13.8 Å². The van der Waals surface area contributed by atoms with Crippen LogP contribution < -0.4 is 10.1 Å². The van der Waals surface area contributed by atoms with E-state index in [1.165, 1.54) is 16.6 Å². The van der Waals surface area contributed by atoms with E-state index in [9.17, 15) is 4.79 Å². The third kappa shape index (κ3) is 6.75. The molecule has 3 aromatic carbocycles. The molecular formula is C31H37N3O2. The summed E-state index contributed by atoms with van der Waals surface area (Å²) in [6.07, 6.45) is 6.07. The molecule has 0 spiro atoms. The van der Waals surface area contributed by atoms with E-state index in [2.05, 4.69) is 66.2 Å². The standard InChI is InChI=1S/C31H37N3O2/c1-24-14-13-19-29(25(24)2)36-23-12-11-22-34-28-18-9-8-17-27(28)33-30(34)20-7-4-10-21-32-31(35)26-15-5-3-6-16-26/h3,5-6,8-9,13-19H,4,7,10-12,20-23H2,1-2H3,(H,32,35). The van der Waals surface area contributed by atoms with Crippen LogP contribution in [0.1, 0.15) is 59.4 Å². The van der Waals surface area contributed by atoms with E-state index >= 15 is 0 Å². The smallest absolute Gasteiger partial charge is 0.251 e. The summed E-state index contributed by atoms with van der Waals surface area (Å²) in [5, 5.41) is 3.02. The molecule has 1 N–H and O–H groups in total. The number of fused-ring (bicyclic) bond motifs is 1. The van der Waals surface area contributed by atoms with Gasteiger partial charge in [-0.25, -0.2) is 4.98 Å². The summed E-state index contributed by atoms with van der Waals surface area (Å²) >= 11 is 0. The Morgan fingerprint density at radius 2 is 1.67 bits per heavy atom. The highest BCUT2D eigenvalue weighted by Gasteiger charge is 2.10. The molecule has 0 fully saturated rings. The molecular weight excluding hydrogens is 446 g/mol. The number of rotatable bonds is 13. The van der Waals surface area contributed by atoms with Crippen LogP contribution in [0.3, 0.4) is 0 Å². The van der Waals surface area contributed by atoms with Crippen LogP contribution in [0.4, 0.5) is 0 Å². The number of unbranched alkanes of at least 4 members (excludes halogenated alkanes) is 3. The monoisotopic (exact) mass is 483 g/mol. The second-order valence-electron chi connectivity index (χ2n) is 9.35. The lowest BCUT2D eigenvalue weighted by Crippen LogP contribution is -2.24. The summed E-state index contributed by atoms with van der Waals surface area (Å²) in [4.78, 5) is 17.1. The zero-order chi connectivity index (χ0) is 25.2. The topological polar surface area (TPSA) is 56.1 Å². The Balaban J connectivity index is 1.23. The second-order valence-corrected chi connectivity index (χ2v) is 9.35. The average Bonchev–Trinajstić information content (AvgIpc) is 3.26. The van der Waals surface area contributed by atoms with Gasteiger partial charge in [0.05, 0.1) is 17.6 Å². The molecule has 1 aromatic heterocycles. The molecule has 4 aromatic rings. The summed E-state index contributed by atoms with van der Waals surface area (Å²) < 4.78 is 8.43. The molecule has 0 unspecified atom stereocenters. The Hall–Kier alpha value is -3.60. The Morgan fingerprint density at radius 3 is 2.53 bits per heavy atom. The number of benzene rings is 3. The van der Waals surface area contributed by atoms with E-state index in [4.69, 9.17) is 9.72 Å². The summed E-state index contributed by atoms with van der Waals surface area (Å²) in [7, 11) is 0. The molecule has 0 aliphatic heterocycles. The minimum Gasteiger partial charge on any atom is -0.493 e. The fourth-order valence-electron chi connectivity index (χ4n) is 4.48. The SMILES string of the molecule is Cc1cccc(OCCCCn2c(CCCCCNC(=O)c3ccccc3)nc3ccccc32)c1C. The molecule has 0 aliphatic rings. The normalized spacial score (nSPS) is 11.1. The number of imidazole rings is 1. The van der Waals surface area contributed by atoms with Crippen LogP contribution in [0.15, 0.2) is 72.8 Å². The largest absolute Gasteiger partial charge is 0.493 e. The third-order valence-electron chi connectivity index (χ3n) is 6.72. The minimum absolute atomic E-state index is 0.000989. The van der Waals surface area contributed by atoms with E-state index in [1.807, 2.05) is 30.3 Å². The van der Waals surface area contributed by atoms with Gasteiger partial charge in [-0.1, -0.05) is 48.9 Å². The molecule has 36 heavy (non-hydrogen) atoms. The predicted molar refractivity (Wildman–Crippen MR) is 147 cm³/mol. The van der Waals surface area contributed by atoms with Gasteiger partial charge in [-0.05, 0) is 81.0 Å². The van der Waals surface area contributed by atoms with Gasteiger partial charge >= 0.3 is 0 Å². The highest BCUT2D eigenvalue weighted by atomic mass is 16.5. The first-order valence-electron chi connectivity index (χ1n) is 13.1. The second kappa shape index (κ2) is 12.9. The van der Waals surface area contributed by atoms with Crippen LogP contribution in [-0.2, 0) is 13.0 Å². The molecule has 0 saturated heterocycles. The number of carbonyl (C=O) groups is 1. The number of nitrogens with zero attached hydrogens (tertiary/aromatic N) is 2. The van der Waals surface area contributed by atoms with Crippen LogP contribution in [0.5, 0.6) is 5.75 Å². The number of amides is 1. The van der Waals surface area contributed by atoms with Gasteiger partial charge in [0.2, 0.25) is 0 Å². The van der Waals surface area contributed by atoms with Crippen molar-refractivity contribution in [2.75, 3.05) is 13.2 Å². The summed E-state index contributed by atoms with van der Waals surface area (Å²) in [6, 6.07) is 24.0. The van der Waals surface area contributed by atoms with Crippen molar-refractivity contribution in [2.45, 2.75) is 58.9 Å². The van der Waals surface area contributed by atoms with Crippen molar-refractivity contribution in [2.24, 2.45) is 0 Å². The number of para-hydroxylation sites is 2. The Kier molecular flexibility index (Phi) is 9.15. The zero-order valence-electron chi connectivity index (χ0n) is 21.5. The Labute approximate surface area is 214 Å². The fraction of sp³-hybridized carbons (Fsp3) is 0.355. The first kappa shape index (κ1) is 25.5. The highest BCUT2D eigenvalue weighted by molar-refractivity contribution is 5.94. The molecule has 1 heterocycles. The number of hydrogen-bond acceptors (Lipinski definition) is 3. The molecule has 0 aliphatic carbocycles. The molecule has 188 valence electrons. The number of nitrogens with one attached hydrogen (secondary N) is 1. The minimum atomic E-state index is -0.000989. The molecule has 0 atom stereocenters. The lowest BCUT2D eigenvalue weighted by atomic mass is 10.1. The van der Waals surface area contributed by atoms with Crippen molar-refractivity contribution in [1.82, 2.24) is 14.9 Å². The summed E-state index contributed by atoms with van der Waals surface area (Å²) in [6.45, 7) is 6.60. The number of aryl methyl sites for hydroxylation is 3. The molecule has 5 nitrogen and oxygen atoms in total. The van der Waals surface area contributed by atoms with Gasteiger partial charge in [-0.3, -0.25) is 4.79 Å². The highest BCUT2D eigenvalue weighted by Crippen LogP contribution is 2.22. The number of carbonyl (C=O) groups excluding carboxylic acids is 1. The van der Waals surface area contributed by atoms with E-state index in [0.717, 1.165) is 68.8 Å². The van der Waals surface area contributed by atoms with Gasteiger partial charge in [0, 0.05) is 25.1 Å². The van der Waals surface area contributed by atoms with Crippen molar-refractivity contribution in [3.63, 3.8) is 0 Å². The zero-order valence-corrected chi connectivity index (χ0v) is 21.5. The number of hydrogen-bond donors (Lipinski definition) is 1. The Bertz CT molecular complexity index is 1260. The van der Waals surface area contributed by atoms with Crippen LogP contribution in [0.25, 0.3) is 11.0 Å². The third-order valence-corrected chi connectivity index (χ3v) is 6.72. The maximum absolute atomic E-state index is 12.2. The van der Waals surface area contributed by atoms with E-state index in [-0.39, 0.29) is 5.91 Å². The van der Waals surface area contributed by atoms with Crippen molar-refractivity contribution in [3.05, 3.63) is 95.3 Å². The first-order chi connectivity index (χ1) is 17.6. The van der Waals surface area contributed by atoms with Crippen LogP contribution >= 0.6 is 0 Å².